The smallest absolute Gasteiger partial charge is 0.253 e. The number of benzene rings is 1. The fourth-order valence-corrected chi connectivity index (χ4v) is 3.31. The summed E-state index contributed by atoms with van der Waals surface area (Å²) in [6.45, 7) is 0. The molecule has 0 radical (unpaired) electrons. The minimum absolute atomic E-state index is 0.0151. The van der Waals surface area contributed by atoms with Gasteiger partial charge < -0.3 is 0 Å². The first kappa shape index (κ1) is 16.6. The van der Waals surface area contributed by atoms with E-state index in [0.717, 1.165) is 16.4 Å². The van der Waals surface area contributed by atoms with E-state index in [0.29, 0.717) is 6.20 Å². The molecule has 1 aromatic heterocycles. The third-order valence-corrected chi connectivity index (χ3v) is 5.13. The highest BCUT2D eigenvalue weighted by Crippen LogP contribution is 2.30. The van der Waals surface area contributed by atoms with Crippen LogP contribution in [0, 0.1) is 0 Å². The molecular formula is C13H10ClF3N2O2S. The van der Waals surface area contributed by atoms with Gasteiger partial charge in [0, 0.05) is 13.2 Å². The van der Waals surface area contributed by atoms with Gasteiger partial charge in [0.25, 0.3) is 10.0 Å². The number of pyridine rings is 1. The van der Waals surface area contributed by atoms with Crippen molar-refractivity contribution in [2.24, 2.45) is 0 Å². The first-order valence-electron chi connectivity index (χ1n) is 5.91. The lowest BCUT2D eigenvalue weighted by molar-refractivity contribution is -0.137. The van der Waals surface area contributed by atoms with Crippen molar-refractivity contribution in [2.45, 2.75) is 11.1 Å². The van der Waals surface area contributed by atoms with Crippen LogP contribution in [0.3, 0.4) is 0 Å². The SMILES string of the molecule is CN(c1ccc(C(F)(F)F)cn1)S(=O)(=O)c1ccccc1Cl. The van der Waals surface area contributed by atoms with Crippen molar-refractivity contribution in [2.75, 3.05) is 11.4 Å². The molecule has 2 rings (SSSR count). The van der Waals surface area contributed by atoms with Gasteiger partial charge in [0.2, 0.25) is 0 Å². The molecule has 0 bridgehead atoms. The highest BCUT2D eigenvalue weighted by Gasteiger charge is 2.31. The summed E-state index contributed by atoms with van der Waals surface area (Å²) < 4.78 is 63.1. The molecule has 0 atom stereocenters. The summed E-state index contributed by atoms with van der Waals surface area (Å²) in [7, 11) is -2.82. The molecule has 0 aliphatic carbocycles. The number of alkyl halides is 3. The molecule has 0 fully saturated rings. The van der Waals surface area contributed by atoms with Crippen molar-refractivity contribution in [1.82, 2.24) is 4.98 Å². The summed E-state index contributed by atoms with van der Waals surface area (Å²) in [5.74, 6) is -0.145. The Kier molecular flexibility index (Phi) is 4.35. The van der Waals surface area contributed by atoms with E-state index in [1.807, 2.05) is 0 Å². The summed E-state index contributed by atoms with van der Waals surface area (Å²) in [5.41, 5.74) is -0.959. The zero-order chi connectivity index (χ0) is 16.5. The third kappa shape index (κ3) is 3.17. The Morgan fingerprint density at radius 3 is 2.27 bits per heavy atom. The topological polar surface area (TPSA) is 50.3 Å². The molecule has 2 aromatic rings. The van der Waals surface area contributed by atoms with Gasteiger partial charge >= 0.3 is 6.18 Å². The number of sulfonamides is 1. The summed E-state index contributed by atoms with van der Waals surface area (Å²) in [6.07, 6.45) is -3.96. The van der Waals surface area contributed by atoms with Crippen molar-refractivity contribution in [1.29, 1.82) is 0 Å². The predicted octanol–water partition coefficient (Wildman–Crippen LogP) is 3.58. The number of aromatic nitrogens is 1. The normalized spacial score (nSPS) is 12.2. The van der Waals surface area contributed by atoms with Gasteiger partial charge in [-0.2, -0.15) is 13.2 Å². The molecule has 118 valence electrons. The average Bonchev–Trinajstić information content (AvgIpc) is 2.46. The minimum Gasteiger partial charge on any atom is -0.253 e. The summed E-state index contributed by atoms with van der Waals surface area (Å²) >= 11 is 5.85. The number of rotatable bonds is 3. The van der Waals surface area contributed by atoms with Gasteiger partial charge in [-0.05, 0) is 24.3 Å². The van der Waals surface area contributed by atoms with Crippen LogP contribution in [0.2, 0.25) is 5.02 Å². The lowest BCUT2D eigenvalue weighted by Gasteiger charge is -2.19. The molecule has 22 heavy (non-hydrogen) atoms. The Bertz CT molecular complexity index is 777. The lowest BCUT2D eigenvalue weighted by Crippen LogP contribution is -2.27. The second-order valence-electron chi connectivity index (χ2n) is 4.31. The van der Waals surface area contributed by atoms with Gasteiger partial charge in [0.05, 0.1) is 10.6 Å². The van der Waals surface area contributed by atoms with E-state index in [1.54, 1.807) is 6.07 Å². The summed E-state index contributed by atoms with van der Waals surface area (Å²) in [5, 5.41) is 0.0151. The molecule has 0 spiro atoms. The van der Waals surface area contributed by atoms with Crippen LogP contribution in [0.4, 0.5) is 19.0 Å². The molecule has 0 unspecified atom stereocenters. The Balaban J connectivity index is 2.39. The van der Waals surface area contributed by atoms with Gasteiger partial charge in [-0.15, -0.1) is 0 Å². The van der Waals surface area contributed by atoms with Crippen molar-refractivity contribution < 1.29 is 21.6 Å². The standard InChI is InChI=1S/C13H10ClF3N2O2S/c1-19(12-7-6-9(8-18-12)13(15,16)17)22(20,21)11-5-3-2-4-10(11)14/h2-8H,1H3. The Morgan fingerprint density at radius 2 is 1.77 bits per heavy atom. The first-order valence-corrected chi connectivity index (χ1v) is 7.72. The second-order valence-corrected chi connectivity index (χ2v) is 6.65. The number of hydrogen-bond acceptors (Lipinski definition) is 3. The van der Waals surface area contributed by atoms with Crippen LogP contribution in [0.5, 0.6) is 0 Å². The van der Waals surface area contributed by atoms with E-state index in [4.69, 9.17) is 11.6 Å². The third-order valence-electron chi connectivity index (χ3n) is 2.87. The summed E-state index contributed by atoms with van der Waals surface area (Å²) in [4.78, 5) is 3.40. The van der Waals surface area contributed by atoms with Crippen LogP contribution < -0.4 is 4.31 Å². The van der Waals surface area contributed by atoms with Crippen LogP contribution in [0.15, 0.2) is 47.5 Å². The van der Waals surface area contributed by atoms with E-state index < -0.39 is 21.8 Å². The number of nitrogens with zero attached hydrogens (tertiary/aromatic N) is 2. The monoisotopic (exact) mass is 350 g/mol. The van der Waals surface area contributed by atoms with E-state index in [9.17, 15) is 21.6 Å². The van der Waals surface area contributed by atoms with Crippen LogP contribution in [0.25, 0.3) is 0 Å². The van der Waals surface area contributed by atoms with Gasteiger partial charge in [-0.3, -0.25) is 4.31 Å². The number of anilines is 1. The first-order chi connectivity index (χ1) is 10.1. The molecule has 9 heteroatoms. The van der Waals surface area contributed by atoms with Crippen molar-refractivity contribution in [3.8, 4) is 0 Å². The van der Waals surface area contributed by atoms with Gasteiger partial charge in [-0.1, -0.05) is 23.7 Å². The Morgan fingerprint density at radius 1 is 1.14 bits per heavy atom. The van der Waals surface area contributed by atoms with Gasteiger partial charge in [0.15, 0.2) is 0 Å². The highest BCUT2D eigenvalue weighted by molar-refractivity contribution is 7.92. The highest BCUT2D eigenvalue weighted by atomic mass is 35.5. The molecule has 1 aromatic carbocycles. The molecule has 0 saturated carbocycles. The van der Waals surface area contributed by atoms with Crippen LogP contribution in [-0.4, -0.2) is 20.4 Å². The van der Waals surface area contributed by atoms with Crippen LogP contribution >= 0.6 is 11.6 Å². The lowest BCUT2D eigenvalue weighted by atomic mass is 10.3. The van der Waals surface area contributed by atoms with E-state index >= 15 is 0 Å². The molecule has 1 heterocycles. The zero-order valence-electron chi connectivity index (χ0n) is 11.2. The molecular weight excluding hydrogens is 341 g/mol. The quantitative estimate of drug-likeness (QED) is 0.850. The molecule has 0 amide bonds. The number of halogens is 4. The molecule has 0 N–H and O–H groups in total. The minimum atomic E-state index is -4.54. The van der Waals surface area contributed by atoms with Crippen molar-refractivity contribution in [3.63, 3.8) is 0 Å². The van der Waals surface area contributed by atoms with E-state index in [1.165, 1.54) is 25.2 Å². The fourth-order valence-electron chi connectivity index (χ4n) is 1.66. The zero-order valence-corrected chi connectivity index (χ0v) is 12.7. The van der Waals surface area contributed by atoms with Crippen LogP contribution in [0.1, 0.15) is 5.56 Å². The van der Waals surface area contributed by atoms with Crippen LogP contribution in [-0.2, 0) is 16.2 Å². The second kappa shape index (κ2) is 5.77. The molecule has 4 nitrogen and oxygen atoms in total. The number of hydrogen-bond donors (Lipinski definition) is 0. The van der Waals surface area contributed by atoms with E-state index in [2.05, 4.69) is 4.98 Å². The van der Waals surface area contributed by atoms with Gasteiger partial charge in [-0.25, -0.2) is 13.4 Å². The van der Waals surface area contributed by atoms with E-state index in [-0.39, 0.29) is 15.7 Å². The molecule has 0 saturated heterocycles. The van der Waals surface area contributed by atoms with Crippen molar-refractivity contribution in [3.05, 3.63) is 53.2 Å². The maximum absolute atomic E-state index is 12.5. The summed E-state index contributed by atoms with van der Waals surface area (Å²) in [6, 6.07) is 7.52. The maximum Gasteiger partial charge on any atom is 0.417 e. The largest absolute Gasteiger partial charge is 0.417 e. The average molecular weight is 351 g/mol. The maximum atomic E-state index is 12.5. The van der Waals surface area contributed by atoms with Gasteiger partial charge in [0.1, 0.15) is 10.7 Å². The predicted molar refractivity (Wildman–Crippen MR) is 76.3 cm³/mol. The Hall–Kier alpha value is -1.80. The molecule has 0 aliphatic rings. The molecule has 0 aliphatic heterocycles. The van der Waals surface area contributed by atoms with Crippen molar-refractivity contribution >= 4 is 27.4 Å². The Labute approximate surface area is 130 Å². The fraction of sp³-hybridized carbons (Fsp3) is 0.154.